The molecule has 0 aliphatic heterocycles. The quantitative estimate of drug-likeness (QED) is 0.643. The molecule has 1 unspecified atom stereocenters. The smallest absolute Gasteiger partial charge is 0.221 e. The summed E-state index contributed by atoms with van der Waals surface area (Å²) in [6, 6.07) is 0.405. The number of primary amides is 1. The molecule has 1 atom stereocenters. The molecular weight excluding hydrogens is 178 g/mol. The van der Waals surface area contributed by atoms with Crippen LogP contribution in [0.3, 0.4) is 0 Å². The topological polar surface area (TPSA) is 72.3 Å². The van der Waals surface area contributed by atoms with Crippen molar-refractivity contribution in [3.63, 3.8) is 0 Å². The highest BCUT2D eigenvalue weighted by Crippen LogP contribution is 2.26. The number of rotatable bonds is 5. The van der Waals surface area contributed by atoms with Gasteiger partial charge < -0.3 is 16.4 Å². The zero-order valence-corrected chi connectivity index (χ0v) is 9.07. The van der Waals surface area contributed by atoms with E-state index < -0.39 is 0 Å². The Labute approximate surface area is 85.6 Å². The van der Waals surface area contributed by atoms with Gasteiger partial charge in [0.25, 0.3) is 0 Å². The Morgan fingerprint density at radius 2 is 2.14 bits per heavy atom. The van der Waals surface area contributed by atoms with Crippen molar-refractivity contribution >= 4 is 5.91 Å². The van der Waals surface area contributed by atoms with Crippen LogP contribution in [0.1, 0.15) is 19.8 Å². The fraction of sp³-hybridized carbons (Fsp3) is 0.900. The molecule has 4 nitrogen and oxygen atoms in total. The van der Waals surface area contributed by atoms with Crippen molar-refractivity contribution in [1.29, 1.82) is 0 Å². The molecule has 0 saturated heterocycles. The van der Waals surface area contributed by atoms with E-state index in [0.717, 1.165) is 31.8 Å². The first-order valence-electron chi connectivity index (χ1n) is 5.22. The summed E-state index contributed by atoms with van der Waals surface area (Å²) in [4.78, 5) is 13.0. The number of carbonyl (C=O) groups excluding carboxylic acids is 1. The number of amides is 1. The number of hydrogen-bond donors (Lipinski definition) is 2. The van der Waals surface area contributed by atoms with Gasteiger partial charge in [-0.25, -0.2) is 0 Å². The van der Waals surface area contributed by atoms with Crippen LogP contribution in [0, 0.1) is 11.8 Å². The summed E-state index contributed by atoms with van der Waals surface area (Å²) in [6.45, 7) is 3.65. The first-order chi connectivity index (χ1) is 6.49. The zero-order valence-electron chi connectivity index (χ0n) is 9.07. The molecule has 4 heteroatoms. The molecule has 0 bridgehead atoms. The Morgan fingerprint density at radius 3 is 2.57 bits per heavy atom. The van der Waals surface area contributed by atoms with Crippen molar-refractivity contribution in [2.75, 3.05) is 20.1 Å². The maximum Gasteiger partial charge on any atom is 0.221 e. The second kappa shape index (κ2) is 4.75. The second-order valence-electron chi connectivity index (χ2n) is 4.62. The van der Waals surface area contributed by atoms with Gasteiger partial charge in [-0.1, -0.05) is 6.92 Å². The Balaban J connectivity index is 2.15. The van der Waals surface area contributed by atoms with Crippen LogP contribution in [-0.2, 0) is 4.79 Å². The van der Waals surface area contributed by atoms with Crippen molar-refractivity contribution in [1.82, 2.24) is 4.90 Å². The average molecular weight is 199 g/mol. The van der Waals surface area contributed by atoms with Gasteiger partial charge in [0.2, 0.25) is 5.91 Å². The summed E-state index contributed by atoms with van der Waals surface area (Å²) < 4.78 is 0. The third-order valence-corrected chi connectivity index (χ3v) is 2.91. The van der Waals surface area contributed by atoms with Gasteiger partial charge in [-0.3, -0.25) is 4.79 Å². The molecule has 82 valence electrons. The van der Waals surface area contributed by atoms with E-state index in [2.05, 4.69) is 4.90 Å². The van der Waals surface area contributed by atoms with Crippen LogP contribution in [0.2, 0.25) is 0 Å². The highest BCUT2D eigenvalue weighted by atomic mass is 16.1. The van der Waals surface area contributed by atoms with Gasteiger partial charge in [0.1, 0.15) is 0 Å². The van der Waals surface area contributed by atoms with Crippen LogP contribution in [0.4, 0.5) is 0 Å². The Hall–Kier alpha value is -0.610. The lowest BCUT2D eigenvalue weighted by Crippen LogP contribution is -2.43. The van der Waals surface area contributed by atoms with Crippen LogP contribution in [0.25, 0.3) is 0 Å². The molecule has 0 aromatic heterocycles. The van der Waals surface area contributed by atoms with Gasteiger partial charge in [0, 0.05) is 25.0 Å². The minimum Gasteiger partial charge on any atom is -0.369 e. The summed E-state index contributed by atoms with van der Waals surface area (Å²) in [5.41, 5.74) is 10.9. The summed E-state index contributed by atoms with van der Waals surface area (Å²) >= 11 is 0. The molecule has 14 heavy (non-hydrogen) atoms. The molecule has 1 fully saturated rings. The van der Waals surface area contributed by atoms with E-state index in [1.165, 1.54) is 0 Å². The lowest BCUT2D eigenvalue weighted by molar-refractivity contribution is -0.121. The number of nitrogens with zero attached hydrogens (tertiary/aromatic N) is 1. The highest BCUT2D eigenvalue weighted by molar-refractivity contribution is 5.76. The van der Waals surface area contributed by atoms with Crippen molar-refractivity contribution in [2.24, 2.45) is 23.3 Å². The largest absolute Gasteiger partial charge is 0.369 e. The third-order valence-electron chi connectivity index (χ3n) is 2.91. The van der Waals surface area contributed by atoms with Crippen molar-refractivity contribution in [2.45, 2.75) is 25.8 Å². The standard InChI is InChI=1S/C10H21N3O/c1-7(10(12)14)5-13(2)6-8-3-9(11)4-8/h7-9H,3-6,11H2,1-2H3,(H2,12,14). The van der Waals surface area contributed by atoms with Crippen LogP contribution in [0.5, 0.6) is 0 Å². The molecular formula is C10H21N3O. The van der Waals surface area contributed by atoms with E-state index in [0.29, 0.717) is 6.04 Å². The van der Waals surface area contributed by atoms with Crippen molar-refractivity contribution in [3.8, 4) is 0 Å². The van der Waals surface area contributed by atoms with E-state index in [4.69, 9.17) is 11.5 Å². The van der Waals surface area contributed by atoms with Crippen molar-refractivity contribution < 1.29 is 4.79 Å². The predicted molar refractivity (Wildman–Crippen MR) is 56.6 cm³/mol. The van der Waals surface area contributed by atoms with E-state index in [1.807, 2.05) is 14.0 Å². The fourth-order valence-electron chi connectivity index (χ4n) is 2.01. The number of carbonyl (C=O) groups is 1. The van der Waals surface area contributed by atoms with Gasteiger partial charge >= 0.3 is 0 Å². The molecule has 1 rings (SSSR count). The van der Waals surface area contributed by atoms with Crippen molar-refractivity contribution in [3.05, 3.63) is 0 Å². The van der Waals surface area contributed by atoms with Gasteiger partial charge in [-0.15, -0.1) is 0 Å². The number of nitrogens with two attached hydrogens (primary N) is 2. The van der Waals surface area contributed by atoms with E-state index >= 15 is 0 Å². The minimum atomic E-state index is -0.220. The van der Waals surface area contributed by atoms with Gasteiger partial charge in [0.05, 0.1) is 0 Å². The Kier molecular flexibility index (Phi) is 3.89. The lowest BCUT2D eigenvalue weighted by Gasteiger charge is -2.35. The third kappa shape index (κ3) is 3.27. The Bertz CT molecular complexity index is 202. The van der Waals surface area contributed by atoms with Crippen LogP contribution < -0.4 is 11.5 Å². The molecule has 0 heterocycles. The fourth-order valence-corrected chi connectivity index (χ4v) is 2.01. The van der Waals surface area contributed by atoms with Gasteiger partial charge in [-0.2, -0.15) is 0 Å². The SMILES string of the molecule is CC(CN(C)CC1CC(N)C1)C(N)=O. The average Bonchev–Trinajstić information content (AvgIpc) is 2.01. The van der Waals surface area contributed by atoms with E-state index in [1.54, 1.807) is 0 Å². The molecule has 1 saturated carbocycles. The Morgan fingerprint density at radius 1 is 1.57 bits per heavy atom. The molecule has 1 amide bonds. The van der Waals surface area contributed by atoms with Crippen LogP contribution in [-0.4, -0.2) is 37.0 Å². The number of hydrogen-bond acceptors (Lipinski definition) is 3. The molecule has 1 aliphatic rings. The van der Waals surface area contributed by atoms with Crippen LogP contribution >= 0.6 is 0 Å². The maximum atomic E-state index is 10.8. The summed E-state index contributed by atoms with van der Waals surface area (Å²) in [5.74, 6) is 0.436. The monoisotopic (exact) mass is 199 g/mol. The van der Waals surface area contributed by atoms with E-state index in [-0.39, 0.29) is 11.8 Å². The zero-order chi connectivity index (χ0) is 10.7. The minimum absolute atomic E-state index is 0.0613. The molecule has 0 aromatic carbocycles. The van der Waals surface area contributed by atoms with E-state index in [9.17, 15) is 4.79 Å². The molecule has 4 N–H and O–H groups in total. The molecule has 0 aromatic rings. The molecule has 0 radical (unpaired) electrons. The first-order valence-corrected chi connectivity index (χ1v) is 5.22. The first kappa shape index (κ1) is 11.5. The maximum absolute atomic E-state index is 10.8. The summed E-state index contributed by atoms with van der Waals surface area (Å²) in [7, 11) is 2.03. The highest BCUT2D eigenvalue weighted by Gasteiger charge is 2.27. The second-order valence-corrected chi connectivity index (χ2v) is 4.62. The molecule has 0 spiro atoms. The summed E-state index contributed by atoms with van der Waals surface area (Å²) in [6.07, 6.45) is 2.24. The van der Waals surface area contributed by atoms with Crippen LogP contribution in [0.15, 0.2) is 0 Å². The van der Waals surface area contributed by atoms with Gasteiger partial charge in [0.15, 0.2) is 0 Å². The lowest BCUT2D eigenvalue weighted by atomic mass is 9.80. The molecule has 1 aliphatic carbocycles. The normalized spacial score (nSPS) is 28.6. The summed E-state index contributed by atoms with van der Waals surface area (Å²) in [5, 5.41) is 0. The predicted octanol–water partition coefficient (Wildman–Crippen LogP) is -0.223. The van der Waals surface area contributed by atoms with Gasteiger partial charge in [-0.05, 0) is 25.8 Å².